The Morgan fingerprint density at radius 3 is 1.49 bits per heavy atom. The van der Waals surface area contributed by atoms with E-state index < -0.39 is 30.0 Å². The molecule has 0 aliphatic carbocycles. The van der Waals surface area contributed by atoms with Crippen molar-refractivity contribution in [3.8, 4) is 34.4 Å². The first kappa shape index (κ1) is 49.2. The number of carbonyl (C=O) groups is 4. The number of hydrogen-bond donors (Lipinski definition) is 1. The monoisotopic (exact) mass is 944 g/mol. The van der Waals surface area contributed by atoms with Gasteiger partial charge in [0.05, 0.1) is 45.4 Å². The van der Waals surface area contributed by atoms with E-state index >= 15 is 0 Å². The van der Waals surface area contributed by atoms with Crippen molar-refractivity contribution in [2.24, 2.45) is 23.7 Å². The number of nitrogens with zero attached hydrogens (tertiary/aromatic N) is 6. The number of hydrogen-bond acceptors (Lipinski definition) is 15. The Morgan fingerprint density at radius 1 is 0.609 bits per heavy atom. The molecule has 2 saturated heterocycles. The predicted molar refractivity (Wildman–Crippen MR) is 249 cm³/mol. The molecule has 4 atom stereocenters. The van der Waals surface area contributed by atoms with Crippen LogP contribution in [0.3, 0.4) is 0 Å². The van der Waals surface area contributed by atoms with E-state index in [-0.39, 0.29) is 31.0 Å². The van der Waals surface area contributed by atoms with Crippen molar-refractivity contribution < 1.29 is 57.0 Å². The number of carboxylic acids is 1. The van der Waals surface area contributed by atoms with Crippen molar-refractivity contribution in [1.29, 1.82) is 0 Å². The van der Waals surface area contributed by atoms with Crippen molar-refractivity contribution in [2.75, 3.05) is 59.7 Å². The van der Waals surface area contributed by atoms with Gasteiger partial charge in [-0.05, 0) is 98.2 Å². The first-order valence-electron chi connectivity index (χ1n) is 22.9. The number of benzene rings is 4. The van der Waals surface area contributed by atoms with E-state index in [1.807, 2.05) is 109 Å². The van der Waals surface area contributed by atoms with Gasteiger partial charge in [-0.3, -0.25) is 9.59 Å². The van der Waals surface area contributed by atoms with Gasteiger partial charge in [-0.25, -0.2) is 9.59 Å². The molecule has 2 aromatic heterocycles. The molecule has 8 rings (SSSR count). The predicted octanol–water partition coefficient (Wildman–Crippen LogP) is 7.47. The molecule has 2 aliphatic rings. The van der Waals surface area contributed by atoms with E-state index in [0.717, 1.165) is 22.3 Å². The Balaban J connectivity index is 0.000000204. The molecular formula is C51H56N6O12. The van der Waals surface area contributed by atoms with Crippen molar-refractivity contribution in [3.63, 3.8) is 0 Å². The number of carboxylic acid groups (broad SMARTS) is 1. The van der Waals surface area contributed by atoms with E-state index in [2.05, 4.69) is 20.3 Å². The van der Waals surface area contributed by atoms with Crippen molar-refractivity contribution in [3.05, 3.63) is 132 Å². The van der Waals surface area contributed by atoms with Crippen LogP contribution in [0.1, 0.15) is 36.6 Å². The molecule has 18 nitrogen and oxygen atoms in total. The van der Waals surface area contributed by atoms with Crippen molar-refractivity contribution in [2.45, 2.75) is 39.5 Å². The van der Waals surface area contributed by atoms with Crippen LogP contribution in [0.15, 0.2) is 118 Å². The molecule has 18 heteroatoms. The van der Waals surface area contributed by atoms with Crippen LogP contribution >= 0.6 is 0 Å². The van der Waals surface area contributed by atoms with Crippen LogP contribution in [0.25, 0.3) is 22.9 Å². The summed E-state index contributed by atoms with van der Waals surface area (Å²) >= 11 is 0. The molecule has 0 bridgehead atoms. The summed E-state index contributed by atoms with van der Waals surface area (Å²) in [4.78, 5) is 60.2. The van der Waals surface area contributed by atoms with Gasteiger partial charge >= 0.3 is 24.1 Å². The number of likely N-dealkylation sites (tertiary alicyclic amines) is 2. The van der Waals surface area contributed by atoms with Crippen LogP contribution in [0.5, 0.6) is 11.5 Å². The Kier molecular flexibility index (Phi) is 17.3. The first-order chi connectivity index (χ1) is 33.6. The van der Waals surface area contributed by atoms with Gasteiger partial charge in [0.25, 0.3) is 11.8 Å². The Labute approximate surface area is 399 Å². The van der Waals surface area contributed by atoms with Crippen molar-refractivity contribution >= 4 is 24.1 Å². The van der Waals surface area contributed by atoms with E-state index in [4.69, 9.17) is 32.7 Å². The third kappa shape index (κ3) is 13.7. The lowest BCUT2D eigenvalue weighted by Crippen LogP contribution is -2.30. The standard InChI is InChI=1S/C26H29N3O6.C25H27N3O6/c1-3-33-26(31)29-16-20(22(17-29)25(30)32-2)14-18-8-7-11-21(15-18)34-13-12-23-27-24(35-28-23)19-9-5-4-6-10-19;1-2-32-25(31)28-15-19(21(16-28)24(29)30)13-17-7-6-10-20(14-17)33-12-11-22-26-23(34-27-22)18-8-4-3-5-9-18/h4-11,15,20,22H,3,12-14,16-17H2,1-2H3;3-10,14,19,21H,2,11-13,15-16H2,1H3,(H,29,30)/t20-,22?;19-,21?/m11/s1. The second kappa shape index (κ2) is 24.3. The van der Waals surface area contributed by atoms with Gasteiger partial charge in [-0.2, -0.15) is 9.97 Å². The molecule has 2 fully saturated rings. The normalized spacial score (nSPS) is 17.4. The Hall–Kier alpha value is -7.76. The van der Waals surface area contributed by atoms with Gasteiger partial charge in [0.1, 0.15) is 11.5 Å². The molecule has 4 heterocycles. The lowest BCUT2D eigenvalue weighted by molar-refractivity contribution is -0.146. The average Bonchev–Trinajstić information content (AvgIpc) is 4.21. The minimum atomic E-state index is -0.904. The quantitative estimate of drug-likeness (QED) is 0.0653. The molecule has 6 aromatic rings. The number of carbonyl (C=O) groups excluding carboxylic acids is 3. The van der Waals surface area contributed by atoms with Gasteiger partial charge in [0.15, 0.2) is 11.6 Å². The molecule has 2 amide bonds. The van der Waals surface area contributed by atoms with E-state index in [1.165, 1.54) is 12.0 Å². The molecular weight excluding hydrogens is 889 g/mol. The van der Waals surface area contributed by atoms with Gasteiger partial charge in [-0.1, -0.05) is 71.0 Å². The second-order valence-electron chi connectivity index (χ2n) is 16.5. The molecule has 1 N–H and O–H groups in total. The van der Waals surface area contributed by atoms with Crippen LogP contribution in [-0.4, -0.2) is 119 Å². The number of rotatable bonds is 18. The first-order valence-corrected chi connectivity index (χ1v) is 22.9. The zero-order valence-corrected chi connectivity index (χ0v) is 38.8. The maximum atomic E-state index is 12.3. The summed E-state index contributed by atoms with van der Waals surface area (Å²) in [6.45, 7) is 6.04. The average molecular weight is 945 g/mol. The largest absolute Gasteiger partial charge is 0.493 e. The summed E-state index contributed by atoms with van der Waals surface area (Å²) in [5.41, 5.74) is 3.70. The highest BCUT2D eigenvalue weighted by Crippen LogP contribution is 2.31. The lowest BCUT2D eigenvalue weighted by atomic mass is 9.89. The zero-order chi connectivity index (χ0) is 48.5. The molecule has 2 aliphatic heterocycles. The molecule has 0 spiro atoms. The highest BCUT2D eigenvalue weighted by molar-refractivity contribution is 5.76. The topological polar surface area (TPSA) is 219 Å². The summed E-state index contributed by atoms with van der Waals surface area (Å²) in [5, 5.41) is 17.7. The van der Waals surface area contributed by atoms with Crippen LogP contribution in [-0.2, 0) is 49.5 Å². The molecule has 0 saturated carbocycles. The van der Waals surface area contributed by atoms with Crippen LogP contribution in [0.2, 0.25) is 0 Å². The van der Waals surface area contributed by atoms with Gasteiger partial charge in [0, 0.05) is 50.1 Å². The third-order valence-electron chi connectivity index (χ3n) is 11.7. The SMILES string of the molecule is CCOC(=O)N1CC(C(=O)O)[C@H](Cc2cccc(OCCc3noc(-c4ccccc4)n3)c2)C1.CCOC(=O)N1CC(C(=O)OC)[C@H](Cc2cccc(OCCc3noc(-c4ccccc4)n3)c2)C1. The maximum absolute atomic E-state index is 12.3. The third-order valence-corrected chi connectivity index (χ3v) is 11.7. The van der Waals surface area contributed by atoms with Crippen molar-refractivity contribution in [1.82, 2.24) is 30.1 Å². The fraction of sp³-hybridized carbons (Fsp3) is 0.373. The van der Waals surface area contributed by atoms with Crippen LogP contribution < -0.4 is 9.47 Å². The molecule has 362 valence electrons. The zero-order valence-electron chi connectivity index (χ0n) is 38.8. The van der Waals surface area contributed by atoms with E-state index in [0.29, 0.717) is 100 Å². The summed E-state index contributed by atoms with van der Waals surface area (Å²) < 4.78 is 37.6. The number of aromatic nitrogens is 4. The van der Waals surface area contributed by atoms with Gasteiger partial charge in [0.2, 0.25) is 0 Å². The molecule has 0 radical (unpaired) electrons. The van der Waals surface area contributed by atoms with Gasteiger partial charge < -0.3 is 47.6 Å². The summed E-state index contributed by atoms with van der Waals surface area (Å²) in [6.07, 6.45) is 1.25. The minimum absolute atomic E-state index is 0.0714. The van der Waals surface area contributed by atoms with Gasteiger partial charge in [-0.15, -0.1) is 0 Å². The van der Waals surface area contributed by atoms with Crippen LogP contribution in [0.4, 0.5) is 9.59 Å². The molecule has 69 heavy (non-hydrogen) atoms. The fourth-order valence-corrected chi connectivity index (χ4v) is 8.34. The minimum Gasteiger partial charge on any atom is -0.493 e. The van der Waals surface area contributed by atoms with E-state index in [1.54, 1.807) is 18.7 Å². The molecule has 2 unspecified atom stereocenters. The maximum Gasteiger partial charge on any atom is 0.409 e. The number of methoxy groups -OCH3 is 1. The van der Waals surface area contributed by atoms with Crippen LogP contribution in [0, 0.1) is 23.7 Å². The number of ether oxygens (including phenoxy) is 5. The Bertz CT molecular complexity index is 2610. The number of esters is 1. The second-order valence-corrected chi connectivity index (χ2v) is 16.5. The molecule has 4 aromatic carbocycles. The highest BCUT2D eigenvalue weighted by atomic mass is 16.6. The summed E-state index contributed by atoms with van der Waals surface area (Å²) in [7, 11) is 1.37. The lowest BCUT2D eigenvalue weighted by Gasteiger charge is -2.16. The Morgan fingerprint density at radius 2 is 1.06 bits per heavy atom. The fourth-order valence-electron chi connectivity index (χ4n) is 8.34. The van der Waals surface area contributed by atoms with E-state index in [9.17, 15) is 24.3 Å². The number of amides is 2. The smallest absolute Gasteiger partial charge is 0.409 e. The number of aliphatic carboxylic acids is 1. The summed E-state index contributed by atoms with van der Waals surface area (Å²) in [6, 6.07) is 34.5. The highest BCUT2D eigenvalue weighted by Gasteiger charge is 2.41. The summed E-state index contributed by atoms with van der Waals surface area (Å²) in [5.74, 6) is 0.956.